The summed E-state index contributed by atoms with van der Waals surface area (Å²) in [5, 5.41) is 0. The van der Waals surface area contributed by atoms with Crippen molar-refractivity contribution < 1.29 is 13.9 Å². The maximum absolute atomic E-state index is 13.1. The molecular weight excluding hydrogens is 309 g/mol. The molecule has 1 atom stereocenters. The van der Waals surface area contributed by atoms with Gasteiger partial charge in [0, 0.05) is 19.6 Å². The highest BCUT2D eigenvalue weighted by molar-refractivity contribution is 5.78. The van der Waals surface area contributed by atoms with E-state index in [0.29, 0.717) is 26.2 Å². The van der Waals surface area contributed by atoms with E-state index >= 15 is 0 Å². The first-order valence-corrected chi connectivity index (χ1v) is 8.67. The number of halogens is 1. The zero-order valence-electron chi connectivity index (χ0n) is 14.3. The van der Waals surface area contributed by atoms with E-state index in [1.165, 1.54) is 12.1 Å². The van der Waals surface area contributed by atoms with Crippen LogP contribution in [-0.4, -0.2) is 80.1 Å². The lowest BCUT2D eigenvalue weighted by Gasteiger charge is -2.34. The second kappa shape index (κ2) is 8.05. The smallest absolute Gasteiger partial charge is 0.236 e. The number of morpholine rings is 1. The summed E-state index contributed by atoms with van der Waals surface area (Å²) in [6.07, 6.45) is 0.934. The Kier molecular flexibility index (Phi) is 5.81. The summed E-state index contributed by atoms with van der Waals surface area (Å²) in [6.45, 7) is 6.18. The molecule has 2 aliphatic heterocycles. The quantitative estimate of drug-likeness (QED) is 0.836. The molecule has 0 radical (unpaired) electrons. The molecule has 1 aromatic rings. The van der Waals surface area contributed by atoms with E-state index in [4.69, 9.17) is 4.74 Å². The molecule has 3 rings (SSSR count). The molecular formula is C18H26FN3O2. The molecule has 0 N–H and O–H groups in total. The predicted molar refractivity (Wildman–Crippen MR) is 90.2 cm³/mol. The van der Waals surface area contributed by atoms with Crippen LogP contribution in [0.1, 0.15) is 18.1 Å². The van der Waals surface area contributed by atoms with Crippen LogP contribution >= 0.6 is 0 Å². The van der Waals surface area contributed by atoms with Crippen molar-refractivity contribution in [1.82, 2.24) is 14.7 Å². The van der Waals surface area contributed by atoms with Crippen molar-refractivity contribution in [3.05, 3.63) is 35.6 Å². The summed E-state index contributed by atoms with van der Waals surface area (Å²) < 4.78 is 18.8. The lowest BCUT2D eigenvalue weighted by Crippen LogP contribution is -2.47. The van der Waals surface area contributed by atoms with E-state index in [1.54, 1.807) is 12.1 Å². The standard InChI is InChI=1S/C18H26FN3O2/c1-20-7-2-8-21(10-9-20)14-18(23)22-11-12-24-17(13-22)15-3-5-16(19)6-4-15/h3-6,17H,2,7-14H2,1H3. The van der Waals surface area contributed by atoms with Gasteiger partial charge in [-0.25, -0.2) is 4.39 Å². The van der Waals surface area contributed by atoms with Crippen LogP contribution in [0.2, 0.25) is 0 Å². The first-order chi connectivity index (χ1) is 11.6. The molecule has 1 amide bonds. The predicted octanol–water partition coefficient (Wildman–Crippen LogP) is 1.36. The highest BCUT2D eigenvalue weighted by Crippen LogP contribution is 2.22. The highest BCUT2D eigenvalue weighted by atomic mass is 19.1. The van der Waals surface area contributed by atoms with Crippen molar-refractivity contribution in [2.75, 3.05) is 59.5 Å². The summed E-state index contributed by atoms with van der Waals surface area (Å²) in [5.41, 5.74) is 0.922. The minimum atomic E-state index is -0.256. The van der Waals surface area contributed by atoms with Crippen molar-refractivity contribution in [1.29, 1.82) is 0 Å². The van der Waals surface area contributed by atoms with Crippen LogP contribution in [0, 0.1) is 5.82 Å². The highest BCUT2D eigenvalue weighted by Gasteiger charge is 2.26. The summed E-state index contributed by atoms with van der Waals surface area (Å²) in [6, 6.07) is 6.34. The van der Waals surface area contributed by atoms with E-state index in [9.17, 15) is 9.18 Å². The van der Waals surface area contributed by atoms with Crippen LogP contribution in [-0.2, 0) is 9.53 Å². The largest absolute Gasteiger partial charge is 0.370 e. The molecule has 2 saturated heterocycles. The Hall–Kier alpha value is -1.50. The number of amides is 1. The number of benzene rings is 1. The van der Waals surface area contributed by atoms with Gasteiger partial charge in [0.1, 0.15) is 11.9 Å². The van der Waals surface area contributed by atoms with Gasteiger partial charge in [0.25, 0.3) is 0 Å². The van der Waals surface area contributed by atoms with Crippen LogP contribution in [0.15, 0.2) is 24.3 Å². The number of ether oxygens (including phenoxy) is 1. The molecule has 0 bridgehead atoms. The van der Waals surface area contributed by atoms with Crippen molar-refractivity contribution in [2.45, 2.75) is 12.5 Å². The van der Waals surface area contributed by atoms with Crippen molar-refractivity contribution in [3.63, 3.8) is 0 Å². The van der Waals surface area contributed by atoms with Crippen LogP contribution in [0.25, 0.3) is 0 Å². The van der Waals surface area contributed by atoms with Crippen molar-refractivity contribution in [3.8, 4) is 0 Å². The molecule has 2 aliphatic rings. The van der Waals surface area contributed by atoms with Crippen LogP contribution in [0.4, 0.5) is 4.39 Å². The normalized spacial score (nSPS) is 23.9. The number of carbonyl (C=O) groups is 1. The third-order valence-electron chi connectivity index (χ3n) is 4.83. The Bertz CT molecular complexity index is 552. The number of carbonyl (C=O) groups excluding carboxylic acids is 1. The van der Waals surface area contributed by atoms with E-state index in [2.05, 4.69) is 16.8 Å². The summed E-state index contributed by atoms with van der Waals surface area (Å²) in [5.74, 6) is -0.0939. The molecule has 1 unspecified atom stereocenters. The number of likely N-dealkylation sites (N-methyl/N-ethyl adjacent to an activating group) is 1. The van der Waals surface area contributed by atoms with E-state index in [1.807, 2.05) is 4.90 Å². The SMILES string of the molecule is CN1CCCN(CC(=O)N2CCOC(c3ccc(F)cc3)C2)CC1. The molecule has 0 aliphatic carbocycles. The Morgan fingerprint density at radius 2 is 1.96 bits per heavy atom. The molecule has 6 heteroatoms. The fraction of sp³-hybridized carbons (Fsp3) is 0.611. The summed E-state index contributed by atoms with van der Waals surface area (Å²) in [7, 11) is 2.13. The second-order valence-electron chi connectivity index (χ2n) is 6.68. The average molecular weight is 335 g/mol. The maximum atomic E-state index is 13.1. The van der Waals surface area contributed by atoms with Gasteiger partial charge in [-0.2, -0.15) is 0 Å². The van der Waals surface area contributed by atoms with Gasteiger partial charge in [0.15, 0.2) is 0 Å². The van der Waals surface area contributed by atoms with Crippen LogP contribution in [0.5, 0.6) is 0 Å². The number of hydrogen-bond donors (Lipinski definition) is 0. The topological polar surface area (TPSA) is 36.0 Å². The molecule has 2 fully saturated rings. The molecule has 0 aromatic heterocycles. The number of nitrogens with zero attached hydrogens (tertiary/aromatic N) is 3. The maximum Gasteiger partial charge on any atom is 0.236 e. The molecule has 0 spiro atoms. The number of rotatable bonds is 3. The zero-order chi connectivity index (χ0) is 16.9. The lowest BCUT2D eigenvalue weighted by molar-refractivity contribution is -0.140. The molecule has 24 heavy (non-hydrogen) atoms. The summed E-state index contributed by atoms with van der Waals surface area (Å²) >= 11 is 0. The third-order valence-corrected chi connectivity index (χ3v) is 4.83. The minimum Gasteiger partial charge on any atom is -0.370 e. The van der Waals surface area contributed by atoms with E-state index in [-0.39, 0.29) is 17.8 Å². The Morgan fingerprint density at radius 1 is 1.17 bits per heavy atom. The Morgan fingerprint density at radius 3 is 2.75 bits per heavy atom. The zero-order valence-corrected chi connectivity index (χ0v) is 14.3. The first-order valence-electron chi connectivity index (χ1n) is 8.67. The Labute approximate surface area is 143 Å². The summed E-state index contributed by atoms with van der Waals surface area (Å²) in [4.78, 5) is 19.1. The van der Waals surface area contributed by atoms with Crippen LogP contribution < -0.4 is 0 Å². The van der Waals surface area contributed by atoms with Gasteiger partial charge >= 0.3 is 0 Å². The van der Waals surface area contributed by atoms with E-state index in [0.717, 1.165) is 38.2 Å². The lowest BCUT2D eigenvalue weighted by atomic mass is 10.1. The fourth-order valence-electron chi connectivity index (χ4n) is 3.30. The molecule has 0 saturated carbocycles. The monoisotopic (exact) mass is 335 g/mol. The second-order valence-corrected chi connectivity index (χ2v) is 6.68. The minimum absolute atomic E-state index is 0.162. The number of hydrogen-bond acceptors (Lipinski definition) is 4. The van der Waals surface area contributed by atoms with Crippen molar-refractivity contribution >= 4 is 5.91 Å². The van der Waals surface area contributed by atoms with Gasteiger partial charge in [0.05, 0.1) is 19.7 Å². The van der Waals surface area contributed by atoms with Gasteiger partial charge in [-0.05, 0) is 44.3 Å². The first kappa shape index (κ1) is 17.3. The van der Waals surface area contributed by atoms with Gasteiger partial charge in [0.2, 0.25) is 5.91 Å². The molecule has 132 valence electrons. The fourth-order valence-corrected chi connectivity index (χ4v) is 3.30. The van der Waals surface area contributed by atoms with Crippen molar-refractivity contribution in [2.24, 2.45) is 0 Å². The van der Waals surface area contributed by atoms with Gasteiger partial charge in [-0.3, -0.25) is 9.69 Å². The van der Waals surface area contributed by atoms with Gasteiger partial charge in [-0.15, -0.1) is 0 Å². The molecule has 2 heterocycles. The average Bonchev–Trinajstić information content (AvgIpc) is 2.80. The van der Waals surface area contributed by atoms with Crippen LogP contribution in [0.3, 0.4) is 0 Å². The Balaban J connectivity index is 1.55. The molecule has 1 aromatic carbocycles. The van der Waals surface area contributed by atoms with Gasteiger partial charge in [-0.1, -0.05) is 12.1 Å². The molecule has 5 nitrogen and oxygen atoms in total. The van der Waals surface area contributed by atoms with Gasteiger partial charge < -0.3 is 14.5 Å². The van der Waals surface area contributed by atoms with E-state index < -0.39 is 0 Å². The third kappa shape index (κ3) is 4.53.